The molecule has 0 radical (unpaired) electrons. The Hall–Kier alpha value is -4.94. The third kappa shape index (κ3) is 7.46. The predicted octanol–water partition coefficient (Wildman–Crippen LogP) is 10.2. The molecule has 0 fully saturated rings. The van der Waals surface area contributed by atoms with Crippen molar-refractivity contribution in [2.45, 2.75) is 38.4 Å². The highest BCUT2D eigenvalue weighted by Crippen LogP contribution is 2.46. The molecule has 2 N–H and O–H groups in total. The largest absolute Gasteiger partial charge is 0.478 e. The van der Waals surface area contributed by atoms with Crippen LogP contribution in [0.2, 0.25) is 10.0 Å². The minimum atomic E-state index is -4.86. The average Bonchev–Trinajstić information content (AvgIpc) is 3.02. The average molecular weight is 737 g/mol. The van der Waals surface area contributed by atoms with Gasteiger partial charge in [0.05, 0.1) is 11.1 Å². The number of rotatable bonds is 4. The highest BCUT2D eigenvalue weighted by atomic mass is 35.5. The first kappa shape index (κ1) is 36.3. The van der Waals surface area contributed by atoms with E-state index in [2.05, 4.69) is 0 Å². The van der Waals surface area contributed by atoms with Crippen molar-refractivity contribution in [2.75, 3.05) is 0 Å². The van der Waals surface area contributed by atoms with Crippen molar-refractivity contribution < 1.29 is 55.6 Å². The number of benzene rings is 4. The quantitative estimate of drug-likeness (QED) is 0.203. The van der Waals surface area contributed by atoms with Crippen LogP contribution in [0.15, 0.2) is 83.9 Å². The van der Waals surface area contributed by atoms with E-state index in [9.17, 15) is 35.9 Å². The first-order chi connectivity index (χ1) is 23.4. The lowest BCUT2D eigenvalue weighted by Gasteiger charge is -2.29. The van der Waals surface area contributed by atoms with Gasteiger partial charge in [-0.2, -0.15) is 26.3 Å². The van der Waals surface area contributed by atoms with Gasteiger partial charge in [-0.3, -0.25) is 0 Å². The Morgan fingerprint density at radius 1 is 0.600 bits per heavy atom. The van der Waals surface area contributed by atoms with E-state index in [1.54, 1.807) is 36.4 Å². The van der Waals surface area contributed by atoms with Gasteiger partial charge in [0.2, 0.25) is 12.2 Å². The van der Waals surface area contributed by atoms with Gasteiger partial charge in [0.25, 0.3) is 0 Å². The number of ether oxygens (including phenoxy) is 2. The summed E-state index contributed by atoms with van der Waals surface area (Å²) in [6, 6.07) is 20.0. The highest BCUT2D eigenvalue weighted by molar-refractivity contribution is 6.31. The molecule has 0 aromatic heterocycles. The first-order valence-corrected chi connectivity index (χ1v) is 15.3. The van der Waals surface area contributed by atoms with Gasteiger partial charge in [-0.05, 0) is 72.5 Å². The molecule has 4 aromatic rings. The van der Waals surface area contributed by atoms with Crippen LogP contribution >= 0.6 is 23.2 Å². The second kappa shape index (κ2) is 13.8. The van der Waals surface area contributed by atoms with Crippen LogP contribution in [0.5, 0.6) is 11.5 Å². The standard InChI is InChI=1S/2C18H12ClF3O3/c2*1-9-4-2-3-5-12(9)13-8-11(19)6-10-7-14(17(23)24)16(18(20,21)22)25-15(10)13/h2*2-8,16H,1H3,(H,23,24)/t16-;/m1./s1. The smallest absolute Gasteiger partial charge is 0.430 e. The Balaban J connectivity index is 0.000000194. The van der Waals surface area contributed by atoms with E-state index < -0.39 is 47.6 Å². The lowest BCUT2D eigenvalue weighted by Crippen LogP contribution is -2.40. The second-order valence-electron chi connectivity index (χ2n) is 11.3. The van der Waals surface area contributed by atoms with Crippen molar-refractivity contribution in [2.24, 2.45) is 0 Å². The van der Waals surface area contributed by atoms with E-state index in [0.717, 1.165) is 23.3 Å². The highest BCUT2D eigenvalue weighted by Gasteiger charge is 2.50. The fraction of sp³-hybridized carbons (Fsp3) is 0.167. The summed E-state index contributed by atoms with van der Waals surface area (Å²) < 4.78 is 90.0. The number of alkyl halides is 6. The molecule has 0 amide bonds. The Labute approximate surface area is 290 Å². The van der Waals surface area contributed by atoms with Gasteiger partial charge in [-0.1, -0.05) is 71.7 Å². The first-order valence-electron chi connectivity index (χ1n) is 14.5. The molecule has 0 saturated heterocycles. The van der Waals surface area contributed by atoms with Crippen molar-refractivity contribution >= 4 is 47.3 Å². The van der Waals surface area contributed by atoms with Crippen molar-refractivity contribution in [1.29, 1.82) is 0 Å². The second-order valence-corrected chi connectivity index (χ2v) is 12.1. The van der Waals surface area contributed by atoms with Crippen LogP contribution in [0.4, 0.5) is 26.3 Å². The zero-order chi connectivity index (χ0) is 36.7. The molecule has 2 aliphatic rings. The van der Waals surface area contributed by atoms with Crippen LogP contribution < -0.4 is 9.47 Å². The third-order valence-electron chi connectivity index (χ3n) is 7.78. The molecule has 14 heteroatoms. The predicted molar refractivity (Wildman–Crippen MR) is 175 cm³/mol. The molecule has 6 rings (SSSR count). The van der Waals surface area contributed by atoms with Crippen LogP contribution in [-0.4, -0.2) is 46.7 Å². The minimum absolute atomic E-state index is 0.0361. The Bertz CT molecular complexity index is 1920. The van der Waals surface area contributed by atoms with Crippen molar-refractivity contribution in [3.8, 4) is 33.8 Å². The fourth-order valence-electron chi connectivity index (χ4n) is 5.54. The maximum atomic E-state index is 13.3. The summed E-state index contributed by atoms with van der Waals surface area (Å²) in [6.07, 6.45) is -12.9. The van der Waals surface area contributed by atoms with Crippen LogP contribution in [0.3, 0.4) is 0 Å². The molecular weight excluding hydrogens is 713 g/mol. The summed E-state index contributed by atoms with van der Waals surface area (Å²) in [6.45, 7) is 3.62. The Morgan fingerprint density at radius 3 is 1.24 bits per heavy atom. The third-order valence-corrected chi connectivity index (χ3v) is 8.22. The lowest BCUT2D eigenvalue weighted by atomic mass is 9.94. The molecule has 0 aliphatic carbocycles. The maximum Gasteiger partial charge on any atom is 0.430 e. The summed E-state index contributed by atoms with van der Waals surface area (Å²) in [4.78, 5) is 22.5. The number of carbonyl (C=O) groups is 2. The lowest BCUT2D eigenvalue weighted by molar-refractivity contribution is -0.187. The zero-order valence-electron chi connectivity index (χ0n) is 25.8. The van der Waals surface area contributed by atoms with Crippen LogP contribution in [0, 0.1) is 13.8 Å². The fourth-order valence-corrected chi connectivity index (χ4v) is 5.99. The van der Waals surface area contributed by atoms with E-state index in [1.807, 2.05) is 26.0 Å². The SMILES string of the molecule is Cc1ccccc1-c1cc(Cl)cc2c1OC(C(F)(F)F)C(C(=O)O)=C2.Cc1ccccc1-c1cc(Cl)cc2c1O[C@@H](C(F)(F)F)C(C(=O)O)=C2. The zero-order valence-corrected chi connectivity index (χ0v) is 27.3. The molecule has 0 spiro atoms. The van der Waals surface area contributed by atoms with Crippen molar-refractivity contribution in [3.63, 3.8) is 0 Å². The minimum Gasteiger partial charge on any atom is -0.478 e. The van der Waals surface area contributed by atoms with Crippen molar-refractivity contribution in [1.82, 2.24) is 0 Å². The van der Waals surface area contributed by atoms with E-state index in [1.165, 1.54) is 24.3 Å². The number of carboxylic acids is 2. The number of hydrogen-bond acceptors (Lipinski definition) is 4. The molecule has 0 bridgehead atoms. The number of fused-ring (bicyclic) bond motifs is 2. The van der Waals surface area contributed by atoms with E-state index in [-0.39, 0.29) is 32.7 Å². The van der Waals surface area contributed by atoms with Gasteiger partial charge in [-0.15, -0.1) is 0 Å². The van der Waals surface area contributed by atoms with Crippen LogP contribution in [0.25, 0.3) is 34.4 Å². The summed E-state index contributed by atoms with van der Waals surface area (Å²) in [5.41, 5.74) is 2.39. The molecule has 1 unspecified atom stereocenters. The van der Waals surface area contributed by atoms with E-state index in [0.29, 0.717) is 22.3 Å². The van der Waals surface area contributed by atoms with Crippen LogP contribution in [-0.2, 0) is 9.59 Å². The number of carboxylic acid groups (broad SMARTS) is 2. The molecule has 2 atom stereocenters. The summed E-state index contributed by atoms with van der Waals surface area (Å²) in [7, 11) is 0. The van der Waals surface area contributed by atoms with E-state index >= 15 is 0 Å². The molecule has 2 aliphatic heterocycles. The Morgan fingerprint density at radius 2 is 0.940 bits per heavy atom. The normalized spacial score (nSPS) is 16.7. The summed E-state index contributed by atoms with van der Waals surface area (Å²) in [5, 5.41) is 18.8. The van der Waals surface area contributed by atoms with Gasteiger partial charge in [0.15, 0.2) is 0 Å². The summed E-state index contributed by atoms with van der Waals surface area (Å²) >= 11 is 12.2. The molecular formula is C36H24Cl2F6O6. The number of hydrogen-bond donors (Lipinski definition) is 2. The van der Waals surface area contributed by atoms with Gasteiger partial charge < -0.3 is 19.7 Å². The molecule has 260 valence electrons. The molecule has 6 nitrogen and oxygen atoms in total. The summed E-state index contributed by atoms with van der Waals surface area (Å²) in [5.74, 6) is -3.45. The molecule has 2 heterocycles. The topological polar surface area (TPSA) is 93.1 Å². The van der Waals surface area contributed by atoms with Gasteiger partial charge >= 0.3 is 24.3 Å². The number of aryl methyl sites for hydroxylation is 2. The van der Waals surface area contributed by atoms with Crippen LogP contribution in [0.1, 0.15) is 22.3 Å². The van der Waals surface area contributed by atoms with Gasteiger partial charge in [-0.25, -0.2) is 9.59 Å². The number of aliphatic carboxylic acids is 2. The Kier molecular flexibility index (Phi) is 10.00. The number of halogens is 8. The van der Waals surface area contributed by atoms with Gasteiger partial charge in [0.1, 0.15) is 11.5 Å². The monoisotopic (exact) mass is 736 g/mol. The van der Waals surface area contributed by atoms with Crippen molar-refractivity contribution in [3.05, 3.63) is 116 Å². The van der Waals surface area contributed by atoms with Gasteiger partial charge in [0, 0.05) is 32.3 Å². The maximum absolute atomic E-state index is 13.3. The molecule has 0 saturated carbocycles. The molecule has 4 aromatic carbocycles. The van der Waals surface area contributed by atoms with E-state index in [4.69, 9.17) is 42.9 Å². The molecule has 50 heavy (non-hydrogen) atoms.